The van der Waals surface area contributed by atoms with Crippen molar-refractivity contribution in [3.63, 3.8) is 0 Å². The van der Waals surface area contributed by atoms with Gasteiger partial charge < -0.3 is 19.9 Å². The summed E-state index contributed by atoms with van der Waals surface area (Å²) in [6.45, 7) is 2.15. The Morgan fingerprint density at radius 1 is 1.39 bits per heavy atom. The highest BCUT2D eigenvalue weighted by Crippen LogP contribution is 2.42. The lowest BCUT2D eigenvalue weighted by Crippen LogP contribution is -2.10. The standard InChI is InChI=1S/C17H19N5O/c1-4-10-6-5-7-11(8-10)16-20-13-14-12(19-9-22(14)3)15(18-2)21-17(13)23-16/h5-9,16,20H,4H2,1-3H3,(H,18,21). The van der Waals surface area contributed by atoms with Crippen molar-refractivity contribution in [2.45, 2.75) is 19.6 Å². The van der Waals surface area contributed by atoms with Gasteiger partial charge in [-0.05, 0) is 12.0 Å². The smallest absolute Gasteiger partial charge is 0.244 e. The second-order valence-corrected chi connectivity index (χ2v) is 5.68. The van der Waals surface area contributed by atoms with Gasteiger partial charge in [-0.25, -0.2) is 4.98 Å². The minimum atomic E-state index is -0.228. The van der Waals surface area contributed by atoms with Crippen molar-refractivity contribution < 1.29 is 4.74 Å². The third kappa shape index (κ3) is 2.10. The summed E-state index contributed by atoms with van der Waals surface area (Å²) in [6.07, 6.45) is 2.57. The van der Waals surface area contributed by atoms with Gasteiger partial charge in [0.1, 0.15) is 16.7 Å². The van der Waals surface area contributed by atoms with Gasteiger partial charge in [0, 0.05) is 19.7 Å². The number of aryl methyl sites for hydroxylation is 2. The second kappa shape index (κ2) is 5.15. The van der Waals surface area contributed by atoms with Gasteiger partial charge in [-0.3, -0.25) is 0 Å². The average molecular weight is 309 g/mol. The highest BCUT2D eigenvalue weighted by molar-refractivity contribution is 5.98. The number of anilines is 2. The number of pyridine rings is 1. The number of rotatable bonds is 3. The molecule has 2 N–H and O–H groups in total. The number of fused-ring (bicyclic) bond motifs is 3. The first kappa shape index (κ1) is 13.9. The Balaban J connectivity index is 1.80. The van der Waals surface area contributed by atoms with Crippen LogP contribution in [0.25, 0.3) is 11.0 Å². The van der Waals surface area contributed by atoms with E-state index in [4.69, 9.17) is 4.74 Å². The van der Waals surface area contributed by atoms with Crippen LogP contribution in [-0.2, 0) is 13.5 Å². The minimum absolute atomic E-state index is 0.228. The van der Waals surface area contributed by atoms with Crippen LogP contribution in [0, 0.1) is 0 Å². The van der Waals surface area contributed by atoms with Crippen molar-refractivity contribution in [3.05, 3.63) is 41.7 Å². The molecule has 118 valence electrons. The molecule has 0 amide bonds. The number of aromatic nitrogens is 3. The average Bonchev–Trinajstić information content (AvgIpc) is 3.17. The molecule has 1 unspecified atom stereocenters. The van der Waals surface area contributed by atoms with E-state index in [0.29, 0.717) is 5.88 Å². The molecule has 3 aromatic rings. The van der Waals surface area contributed by atoms with Gasteiger partial charge in [-0.15, -0.1) is 0 Å². The Bertz CT molecular complexity index is 886. The molecule has 0 fully saturated rings. The first-order valence-corrected chi connectivity index (χ1v) is 7.76. The van der Waals surface area contributed by atoms with Crippen molar-refractivity contribution in [2.75, 3.05) is 17.7 Å². The number of hydrogen-bond acceptors (Lipinski definition) is 5. The zero-order valence-corrected chi connectivity index (χ0v) is 13.4. The molecule has 0 spiro atoms. The maximum Gasteiger partial charge on any atom is 0.244 e. The number of nitrogens with zero attached hydrogens (tertiary/aromatic N) is 3. The predicted molar refractivity (Wildman–Crippen MR) is 90.9 cm³/mol. The molecule has 4 rings (SSSR count). The highest BCUT2D eigenvalue weighted by Gasteiger charge is 2.29. The lowest BCUT2D eigenvalue weighted by Gasteiger charge is -2.12. The van der Waals surface area contributed by atoms with E-state index in [0.717, 1.165) is 34.5 Å². The first-order chi connectivity index (χ1) is 11.2. The Morgan fingerprint density at radius 3 is 3.04 bits per heavy atom. The maximum atomic E-state index is 6.06. The molecule has 0 bridgehead atoms. The lowest BCUT2D eigenvalue weighted by atomic mass is 10.1. The second-order valence-electron chi connectivity index (χ2n) is 5.68. The zero-order valence-electron chi connectivity index (χ0n) is 13.4. The summed E-state index contributed by atoms with van der Waals surface area (Å²) >= 11 is 0. The summed E-state index contributed by atoms with van der Waals surface area (Å²) in [5.41, 5.74) is 5.12. The van der Waals surface area contributed by atoms with Gasteiger partial charge in [-0.1, -0.05) is 31.2 Å². The number of benzene rings is 1. The summed E-state index contributed by atoms with van der Waals surface area (Å²) in [5, 5.41) is 6.54. The monoisotopic (exact) mass is 309 g/mol. The van der Waals surface area contributed by atoms with Gasteiger partial charge >= 0.3 is 0 Å². The van der Waals surface area contributed by atoms with E-state index in [9.17, 15) is 0 Å². The van der Waals surface area contributed by atoms with Crippen LogP contribution in [0.2, 0.25) is 0 Å². The minimum Gasteiger partial charge on any atom is -0.448 e. The normalized spacial score (nSPS) is 16.0. The maximum absolute atomic E-state index is 6.06. The molecule has 3 heterocycles. The van der Waals surface area contributed by atoms with Crippen LogP contribution in [-0.4, -0.2) is 21.6 Å². The molecule has 6 nitrogen and oxygen atoms in total. The number of hydrogen-bond donors (Lipinski definition) is 2. The molecule has 2 aromatic heterocycles. The van der Waals surface area contributed by atoms with Gasteiger partial charge in [0.15, 0.2) is 12.0 Å². The summed E-state index contributed by atoms with van der Waals surface area (Å²) < 4.78 is 8.05. The highest BCUT2D eigenvalue weighted by atomic mass is 16.5. The molecule has 1 aromatic carbocycles. The van der Waals surface area contributed by atoms with Crippen LogP contribution in [0.1, 0.15) is 24.3 Å². The van der Waals surface area contributed by atoms with Crippen LogP contribution in [0.4, 0.5) is 11.5 Å². The third-order valence-corrected chi connectivity index (χ3v) is 4.23. The Morgan fingerprint density at radius 2 is 2.26 bits per heavy atom. The summed E-state index contributed by atoms with van der Waals surface area (Å²) in [5.74, 6) is 1.33. The number of imidazole rings is 1. The molecular weight excluding hydrogens is 290 g/mol. The summed E-state index contributed by atoms with van der Waals surface area (Å²) in [7, 11) is 3.81. The summed E-state index contributed by atoms with van der Waals surface area (Å²) in [6, 6.07) is 8.43. The zero-order chi connectivity index (χ0) is 16.0. The quantitative estimate of drug-likeness (QED) is 0.778. The largest absolute Gasteiger partial charge is 0.448 e. The molecule has 1 aliphatic rings. The van der Waals surface area contributed by atoms with E-state index in [1.165, 1.54) is 5.56 Å². The van der Waals surface area contributed by atoms with Crippen molar-refractivity contribution in [2.24, 2.45) is 7.05 Å². The number of nitrogens with one attached hydrogen (secondary N) is 2. The summed E-state index contributed by atoms with van der Waals surface area (Å²) in [4.78, 5) is 8.99. The van der Waals surface area contributed by atoms with Crippen LogP contribution in [0.3, 0.4) is 0 Å². The topological polar surface area (TPSA) is 64.0 Å². The molecule has 1 atom stereocenters. The molecule has 0 aliphatic carbocycles. The predicted octanol–water partition coefficient (Wildman–Crippen LogP) is 3.08. The molecule has 0 saturated carbocycles. The van der Waals surface area contributed by atoms with Crippen molar-refractivity contribution in [1.29, 1.82) is 0 Å². The molecule has 1 aliphatic heterocycles. The SMILES string of the molecule is CCc1cccc(C2Nc3c(nc(NC)c4ncn(C)c34)O2)c1. The van der Waals surface area contributed by atoms with E-state index in [2.05, 4.69) is 51.8 Å². The van der Waals surface area contributed by atoms with Crippen molar-refractivity contribution in [3.8, 4) is 5.88 Å². The van der Waals surface area contributed by atoms with E-state index < -0.39 is 0 Å². The third-order valence-electron chi connectivity index (χ3n) is 4.23. The van der Waals surface area contributed by atoms with E-state index in [1.807, 2.05) is 18.7 Å². The molecule has 23 heavy (non-hydrogen) atoms. The fraction of sp³-hybridized carbons (Fsp3) is 0.294. The van der Waals surface area contributed by atoms with Gasteiger partial charge in [0.05, 0.1) is 6.33 Å². The molecule has 0 radical (unpaired) electrons. The van der Waals surface area contributed by atoms with E-state index in [-0.39, 0.29) is 6.23 Å². The number of ether oxygens (including phenoxy) is 1. The van der Waals surface area contributed by atoms with Crippen LogP contribution < -0.4 is 15.4 Å². The van der Waals surface area contributed by atoms with Crippen molar-refractivity contribution >= 4 is 22.5 Å². The van der Waals surface area contributed by atoms with Crippen LogP contribution >= 0.6 is 0 Å². The molecule has 0 saturated heterocycles. The first-order valence-electron chi connectivity index (χ1n) is 7.76. The fourth-order valence-corrected chi connectivity index (χ4v) is 3.00. The fourth-order valence-electron chi connectivity index (χ4n) is 3.00. The Labute approximate surface area is 134 Å². The molecular formula is C17H19N5O. The Kier molecular flexibility index (Phi) is 3.11. The van der Waals surface area contributed by atoms with Crippen molar-refractivity contribution in [1.82, 2.24) is 14.5 Å². The van der Waals surface area contributed by atoms with Crippen LogP contribution in [0.5, 0.6) is 5.88 Å². The molecule has 6 heteroatoms. The Hall–Kier alpha value is -2.76. The van der Waals surface area contributed by atoms with Gasteiger partial charge in [-0.2, -0.15) is 4.98 Å². The van der Waals surface area contributed by atoms with Crippen LogP contribution in [0.15, 0.2) is 30.6 Å². The van der Waals surface area contributed by atoms with Gasteiger partial charge in [0.2, 0.25) is 5.88 Å². The van der Waals surface area contributed by atoms with E-state index >= 15 is 0 Å². The van der Waals surface area contributed by atoms with Gasteiger partial charge in [0.25, 0.3) is 0 Å². The lowest BCUT2D eigenvalue weighted by molar-refractivity contribution is 0.251. The van der Waals surface area contributed by atoms with E-state index in [1.54, 1.807) is 6.33 Å².